The molecule has 3 aromatic rings. The molecule has 1 aliphatic heterocycles. The lowest BCUT2D eigenvalue weighted by atomic mass is 9.90. The quantitative estimate of drug-likeness (QED) is 0.728. The molecule has 148 valence electrons. The number of hydrogen-bond acceptors (Lipinski definition) is 4. The summed E-state index contributed by atoms with van der Waals surface area (Å²) >= 11 is 0. The van der Waals surface area contributed by atoms with E-state index >= 15 is 0 Å². The first-order valence-electron chi connectivity index (χ1n) is 9.66. The third-order valence-corrected chi connectivity index (χ3v) is 5.24. The van der Waals surface area contributed by atoms with Crippen molar-refractivity contribution in [2.75, 3.05) is 11.9 Å². The van der Waals surface area contributed by atoms with Gasteiger partial charge < -0.3 is 10.2 Å². The van der Waals surface area contributed by atoms with Crippen LogP contribution in [0.4, 0.5) is 5.69 Å². The molecular formula is C22H23N5O2. The van der Waals surface area contributed by atoms with Gasteiger partial charge in [-0.05, 0) is 35.2 Å². The van der Waals surface area contributed by atoms with Crippen LogP contribution in [0.15, 0.2) is 61.2 Å². The molecule has 0 radical (unpaired) electrons. The van der Waals surface area contributed by atoms with Crippen molar-refractivity contribution < 1.29 is 9.59 Å². The van der Waals surface area contributed by atoms with Gasteiger partial charge >= 0.3 is 0 Å². The topological polar surface area (TPSA) is 80.1 Å². The van der Waals surface area contributed by atoms with Crippen molar-refractivity contribution in [2.45, 2.75) is 32.4 Å². The molecule has 2 aromatic carbocycles. The van der Waals surface area contributed by atoms with Gasteiger partial charge in [0.05, 0.1) is 19.0 Å². The van der Waals surface area contributed by atoms with E-state index < -0.39 is 0 Å². The van der Waals surface area contributed by atoms with Gasteiger partial charge in [-0.15, -0.1) is 0 Å². The van der Waals surface area contributed by atoms with Gasteiger partial charge in [0.2, 0.25) is 11.8 Å². The minimum Gasteiger partial charge on any atom is -0.335 e. The summed E-state index contributed by atoms with van der Waals surface area (Å²) in [6.07, 6.45) is 4.22. The van der Waals surface area contributed by atoms with Crippen molar-refractivity contribution in [1.82, 2.24) is 19.7 Å². The maximum atomic E-state index is 12.7. The number of benzene rings is 2. The highest BCUT2D eigenvalue weighted by atomic mass is 16.2. The van der Waals surface area contributed by atoms with E-state index in [1.54, 1.807) is 22.8 Å². The van der Waals surface area contributed by atoms with Gasteiger partial charge in [-0.3, -0.25) is 9.59 Å². The van der Waals surface area contributed by atoms with Crippen molar-refractivity contribution in [3.63, 3.8) is 0 Å². The minimum atomic E-state index is -0.232. The minimum absolute atomic E-state index is 0.00485. The average Bonchev–Trinajstić information content (AvgIpc) is 3.22. The van der Waals surface area contributed by atoms with Crippen molar-refractivity contribution >= 4 is 17.5 Å². The fourth-order valence-electron chi connectivity index (χ4n) is 3.83. The van der Waals surface area contributed by atoms with Gasteiger partial charge in [-0.1, -0.05) is 36.4 Å². The first kappa shape index (κ1) is 18.9. The summed E-state index contributed by atoms with van der Waals surface area (Å²) in [5, 5.41) is 7.04. The number of nitrogens with zero attached hydrogens (tertiary/aromatic N) is 4. The molecule has 2 amide bonds. The standard InChI is InChI=1S/C22H23N5O2/c1-16(28)27-11-10-18-4-2-3-5-20(18)21(27)12-22(29)25-19-8-6-17(7-9-19)13-26-15-23-14-24-26/h2-9,14-15,21H,10-13H2,1H3,(H,25,29). The predicted octanol–water partition coefficient (Wildman–Crippen LogP) is 2.80. The van der Waals surface area contributed by atoms with E-state index in [-0.39, 0.29) is 24.3 Å². The van der Waals surface area contributed by atoms with E-state index in [2.05, 4.69) is 21.5 Å². The number of hydrogen-bond donors (Lipinski definition) is 1. The van der Waals surface area contributed by atoms with Crippen molar-refractivity contribution in [3.8, 4) is 0 Å². The molecule has 4 rings (SSSR count). The summed E-state index contributed by atoms with van der Waals surface area (Å²) in [5.74, 6) is -0.114. The molecule has 0 fully saturated rings. The predicted molar refractivity (Wildman–Crippen MR) is 109 cm³/mol. The Kier molecular flexibility index (Phi) is 5.37. The molecule has 2 heterocycles. The van der Waals surface area contributed by atoms with Crippen LogP contribution in [0.1, 0.15) is 36.1 Å². The Balaban J connectivity index is 1.44. The number of rotatable bonds is 5. The van der Waals surface area contributed by atoms with E-state index in [0.29, 0.717) is 13.1 Å². The van der Waals surface area contributed by atoms with Crippen LogP contribution in [0.5, 0.6) is 0 Å². The largest absolute Gasteiger partial charge is 0.335 e. The zero-order valence-electron chi connectivity index (χ0n) is 16.3. The molecule has 0 saturated carbocycles. The number of carbonyl (C=O) groups excluding carboxylic acids is 2. The SMILES string of the molecule is CC(=O)N1CCc2ccccc2C1CC(=O)Nc1ccc(Cn2cncn2)cc1. The highest BCUT2D eigenvalue weighted by molar-refractivity contribution is 5.91. The molecule has 0 spiro atoms. The van der Waals surface area contributed by atoms with Gasteiger partial charge in [0, 0.05) is 19.2 Å². The first-order chi connectivity index (χ1) is 14.1. The van der Waals surface area contributed by atoms with Crippen LogP contribution in [0.25, 0.3) is 0 Å². The first-order valence-corrected chi connectivity index (χ1v) is 9.66. The lowest BCUT2D eigenvalue weighted by molar-refractivity contribution is -0.132. The maximum Gasteiger partial charge on any atom is 0.226 e. The van der Waals surface area contributed by atoms with Crippen LogP contribution < -0.4 is 5.32 Å². The number of fused-ring (bicyclic) bond motifs is 1. The van der Waals surface area contributed by atoms with E-state index in [9.17, 15) is 9.59 Å². The van der Waals surface area contributed by atoms with E-state index in [1.165, 1.54) is 11.9 Å². The Labute approximate surface area is 169 Å². The summed E-state index contributed by atoms with van der Waals surface area (Å²) < 4.78 is 1.74. The molecule has 0 saturated heterocycles. The van der Waals surface area contributed by atoms with Crippen molar-refractivity contribution in [3.05, 3.63) is 77.9 Å². The molecule has 1 N–H and O–H groups in total. The van der Waals surface area contributed by atoms with Gasteiger partial charge in [0.25, 0.3) is 0 Å². The average molecular weight is 389 g/mol. The summed E-state index contributed by atoms with van der Waals surface area (Å²) in [5.41, 5.74) is 4.07. The summed E-state index contributed by atoms with van der Waals surface area (Å²) in [4.78, 5) is 30.6. The zero-order valence-corrected chi connectivity index (χ0v) is 16.3. The molecule has 1 atom stereocenters. The lowest BCUT2D eigenvalue weighted by Crippen LogP contribution is -2.40. The number of aromatic nitrogens is 3. The van der Waals surface area contributed by atoms with Crippen molar-refractivity contribution in [2.24, 2.45) is 0 Å². The second-order valence-corrected chi connectivity index (χ2v) is 7.22. The second kappa shape index (κ2) is 8.26. The molecule has 7 heteroatoms. The fourth-order valence-corrected chi connectivity index (χ4v) is 3.83. The van der Waals surface area contributed by atoms with Gasteiger partial charge in [0.15, 0.2) is 0 Å². The molecule has 1 aliphatic rings. The van der Waals surface area contributed by atoms with Crippen LogP contribution in [0.2, 0.25) is 0 Å². The van der Waals surface area contributed by atoms with E-state index in [4.69, 9.17) is 0 Å². The smallest absolute Gasteiger partial charge is 0.226 e. The number of amides is 2. The van der Waals surface area contributed by atoms with Gasteiger partial charge in [-0.2, -0.15) is 5.10 Å². The van der Waals surface area contributed by atoms with E-state index in [0.717, 1.165) is 23.2 Å². The van der Waals surface area contributed by atoms with Crippen LogP contribution in [0, 0.1) is 0 Å². The highest BCUT2D eigenvalue weighted by Gasteiger charge is 2.30. The summed E-state index contributed by atoms with van der Waals surface area (Å²) in [6.45, 7) is 2.83. The fraction of sp³-hybridized carbons (Fsp3) is 0.273. The Hall–Kier alpha value is -3.48. The Morgan fingerprint density at radius 2 is 1.93 bits per heavy atom. The molecule has 0 bridgehead atoms. The zero-order chi connectivity index (χ0) is 20.2. The highest BCUT2D eigenvalue weighted by Crippen LogP contribution is 2.32. The molecule has 1 unspecified atom stereocenters. The van der Waals surface area contributed by atoms with Gasteiger partial charge in [0.1, 0.15) is 12.7 Å². The normalized spacial score (nSPS) is 15.6. The van der Waals surface area contributed by atoms with Crippen LogP contribution >= 0.6 is 0 Å². The molecular weight excluding hydrogens is 366 g/mol. The second-order valence-electron chi connectivity index (χ2n) is 7.22. The van der Waals surface area contributed by atoms with Gasteiger partial charge in [-0.25, -0.2) is 9.67 Å². The van der Waals surface area contributed by atoms with Crippen molar-refractivity contribution in [1.29, 1.82) is 0 Å². The number of nitrogens with one attached hydrogen (secondary N) is 1. The number of carbonyl (C=O) groups is 2. The Morgan fingerprint density at radius 1 is 1.14 bits per heavy atom. The molecule has 7 nitrogen and oxygen atoms in total. The van der Waals surface area contributed by atoms with Crippen LogP contribution in [-0.2, 0) is 22.6 Å². The van der Waals surface area contributed by atoms with E-state index in [1.807, 2.05) is 42.5 Å². The molecule has 29 heavy (non-hydrogen) atoms. The maximum absolute atomic E-state index is 12.7. The third-order valence-electron chi connectivity index (χ3n) is 5.24. The number of anilines is 1. The van der Waals surface area contributed by atoms with Crippen LogP contribution in [-0.4, -0.2) is 38.0 Å². The molecule has 0 aliphatic carbocycles. The third kappa shape index (κ3) is 4.34. The monoisotopic (exact) mass is 389 g/mol. The Bertz CT molecular complexity index is 998. The summed E-state index contributed by atoms with van der Waals surface area (Å²) in [6, 6.07) is 15.5. The Morgan fingerprint density at radius 3 is 2.66 bits per heavy atom. The lowest BCUT2D eigenvalue weighted by Gasteiger charge is -2.36. The summed E-state index contributed by atoms with van der Waals surface area (Å²) in [7, 11) is 0. The molecule has 1 aromatic heterocycles. The van der Waals surface area contributed by atoms with Crippen LogP contribution in [0.3, 0.4) is 0 Å².